The van der Waals surface area contributed by atoms with Crippen LogP contribution >= 0.6 is 0 Å². The number of allylic oxidation sites excluding steroid dienone is 1. The van der Waals surface area contributed by atoms with Crippen LogP contribution in [0, 0.1) is 0 Å². The number of sulfonamides is 1. The third-order valence-corrected chi connectivity index (χ3v) is 4.65. The molecule has 0 aliphatic heterocycles. The van der Waals surface area contributed by atoms with Crippen LogP contribution in [0.15, 0.2) is 35.7 Å². The van der Waals surface area contributed by atoms with Crippen LogP contribution in [0.5, 0.6) is 5.75 Å². The Labute approximate surface area is 114 Å². The standard InChI is InChI=1S/C13H20N2O3S/c1-4-5-6-9-15(2)19(16,17)13-8-7-11(14)10-12(13)18-3/h4,7-8,10H,1,5-6,9,14H2,2-3H3. The van der Waals surface area contributed by atoms with Crippen LogP contribution in [0.2, 0.25) is 0 Å². The van der Waals surface area contributed by atoms with Gasteiger partial charge in [0.15, 0.2) is 0 Å². The lowest BCUT2D eigenvalue weighted by Gasteiger charge is -2.18. The van der Waals surface area contributed by atoms with Crippen molar-refractivity contribution in [2.75, 3.05) is 26.4 Å². The molecule has 0 atom stereocenters. The van der Waals surface area contributed by atoms with Gasteiger partial charge in [-0.3, -0.25) is 0 Å². The maximum Gasteiger partial charge on any atom is 0.246 e. The summed E-state index contributed by atoms with van der Waals surface area (Å²) in [6, 6.07) is 4.52. The summed E-state index contributed by atoms with van der Waals surface area (Å²) in [6.07, 6.45) is 3.28. The molecular formula is C13H20N2O3S. The van der Waals surface area contributed by atoms with Crippen LogP contribution in [0.3, 0.4) is 0 Å². The SMILES string of the molecule is C=CCCCN(C)S(=O)(=O)c1ccc(N)cc1OC. The number of nitrogens with two attached hydrogens (primary N) is 1. The van der Waals surface area contributed by atoms with E-state index >= 15 is 0 Å². The molecule has 0 spiro atoms. The van der Waals surface area contributed by atoms with E-state index in [9.17, 15) is 8.42 Å². The van der Waals surface area contributed by atoms with Crippen LogP contribution in [0.25, 0.3) is 0 Å². The third-order valence-electron chi connectivity index (χ3n) is 2.76. The first kappa shape index (κ1) is 15.5. The Hall–Kier alpha value is -1.53. The number of nitrogens with zero attached hydrogens (tertiary/aromatic N) is 1. The minimum Gasteiger partial charge on any atom is -0.495 e. The second kappa shape index (κ2) is 6.58. The van der Waals surface area contributed by atoms with E-state index in [1.54, 1.807) is 19.2 Å². The molecule has 6 heteroatoms. The summed E-state index contributed by atoms with van der Waals surface area (Å²) in [6.45, 7) is 4.05. The van der Waals surface area contributed by atoms with Crippen LogP contribution < -0.4 is 10.5 Å². The first-order chi connectivity index (χ1) is 8.93. The summed E-state index contributed by atoms with van der Waals surface area (Å²) in [4.78, 5) is 0.130. The van der Waals surface area contributed by atoms with E-state index in [-0.39, 0.29) is 10.6 Å². The molecule has 19 heavy (non-hydrogen) atoms. The molecule has 0 amide bonds. The van der Waals surface area contributed by atoms with Crippen molar-refractivity contribution in [3.8, 4) is 5.75 Å². The molecule has 2 N–H and O–H groups in total. The topological polar surface area (TPSA) is 72.6 Å². The Morgan fingerprint density at radius 2 is 2.16 bits per heavy atom. The molecule has 0 unspecified atom stereocenters. The monoisotopic (exact) mass is 284 g/mol. The van der Waals surface area contributed by atoms with E-state index in [1.807, 2.05) is 0 Å². The predicted octanol–water partition coefficient (Wildman–Crippen LogP) is 1.86. The fraction of sp³-hybridized carbons (Fsp3) is 0.385. The predicted molar refractivity (Wildman–Crippen MR) is 76.7 cm³/mol. The van der Waals surface area contributed by atoms with Crippen molar-refractivity contribution in [2.45, 2.75) is 17.7 Å². The highest BCUT2D eigenvalue weighted by Gasteiger charge is 2.24. The molecule has 0 saturated carbocycles. The van der Waals surface area contributed by atoms with Gasteiger partial charge >= 0.3 is 0 Å². The maximum absolute atomic E-state index is 12.4. The Morgan fingerprint density at radius 3 is 2.74 bits per heavy atom. The number of unbranched alkanes of at least 4 members (excludes halogenated alkanes) is 1. The van der Waals surface area contributed by atoms with Crippen LogP contribution in [-0.4, -0.2) is 33.4 Å². The van der Waals surface area contributed by atoms with Gasteiger partial charge in [-0.2, -0.15) is 0 Å². The fourth-order valence-corrected chi connectivity index (χ4v) is 2.99. The summed E-state index contributed by atoms with van der Waals surface area (Å²) in [5.74, 6) is 0.260. The van der Waals surface area contributed by atoms with Crippen molar-refractivity contribution in [2.24, 2.45) is 0 Å². The van der Waals surface area contributed by atoms with E-state index in [1.165, 1.54) is 23.5 Å². The summed E-state index contributed by atoms with van der Waals surface area (Å²) in [7, 11) is -0.589. The summed E-state index contributed by atoms with van der Waals surface area (Å²) >= 11 is 0. The third kappa shape index (κ3) is 3.71. The van der Waals surface area contributed by atoms with E-state index in [4.69, 9.17) is 10.5 Å². The maximum atomic E-state index is 12.4. The first-order valence-electron chi connectivity index (χ1n) is 5.94. The van der Waals surface area contributed by atoms with Gasteiger partial charge in [0.25, 0.3) is 0 Å². The van der Waals surface area contributed by atoms with Gasteiger partial charge in [0, 0.05) is 25.3 Å². The van der Waals surface area contributed by atoms with Gasteiger partial charge < -0.3 is 10.5 Å². The molecular weight excluding hydrogens is 264 g/mol. The van der Waals surface area contributed by atoms with Gasteiger partial charge in [-0.25, -0.2) is 12.7 Å². The summed E-state index contributed by atoms with van der Waals surface area (Å²) in [5.41, 5.74) is 6.08. The lowest BCUT2D eigenvalue weighted by atomic mass is 10.3. The number of rotatable bonds is 7. The molecule has 1 aromatic rings. The van der Waals surface area contributed by atoms with Crippen LogP contribution in [-0.2, 0) is 10.0 Å². The highest BCUT2D eigenvalue weighted by atomic mass is 32.2. The first-order valence-corrected chi connectivity index (χ1v) is 7.38. The molecule has 106 valence electrons. The highest BCUT2D eigenvalue weighted by Crippen LogP contribution is 2.28. The van der Waals surface area contributed by atoms with Crippen LogP contribution in [0.4, 0.5) is 5.69 Å². The van der Waals surface area contributed by atoms with Gasteiger partial charge in [0.1, 0.15) is 10.6 Å². The van der Waals surface area contributed by atoms with E-state index in [2.05, 4.69) is 6.58 Å². The van der Waals surface area contributed by atoms with Crippen molar-refractivity contribution >= 4 is 15.7 Å². The Morgan fingerprint density at radius 1 is 1.47 bits per heavy atom. The number of nitrogen functional groups attached to an aromatic ring is 1. The van der Waals surface area contributed by atoms with Gasteiger partial charge in [-0.05, 0) is 25.0 Å². The number of benzene rings is 1. The van der Waals surface area contributed by atoms with Crippen molar-refractivity contribution in [1.82, 2.24) is 4.31 Å². The normalized spacial score (nSPS) is 11.5. The molecule has 0 aliphatic rings. The Balaban J connectivity index is 3.02. The zero-order valence-electron chi connectivity index (χ0n) is 11.3. The highest BCUT2D eigenvalue weighted by molar-refractivity contribution is 7.89. The summed E-state index contributed by atoms with van der Waals surface area (Å²) in [5, 5.41) is 0. The second-order valence-corrected chi connectivity index (χ2v) is 6.18. The molecule has 0 fully saturated rings. The van der Waals surface area contributed by atoms with E-state index in [0.717, 1.165) is 12.8 Å². The van der Waals surface area contributed by atoms with Gasteiger partial charge in [-0.1, -0.05) is 6.08 Å². The molecule has 1 aromatic carbocycles. The number of anilines is 1. The van der Waals surface area contributed by atoms with Crippen molar-refractivity contribution in [3.63, 3.8) is 0 Å². The largest absolute Gasteiger partial charge is 0.495 e. The average molecular weight is 284 g/mol. The lowest BCUT2D eigenvalue weighted by molar-refractivity contribution is 0.398. The van der Waals surface area contributed by atoms with E-state index in [0.29, 0.717) is 12.2 Å². The van der Waals surface area contributed by atoms with Crippen molar-refractivity contribution in [3.05, 3.63) is 30.9 Å². The number of hydrogen-bond donors (Lipinski definition) is 1. The molecule has 0 heterocycles. The Kier molecular flexibility index (Phi) is 5.38. The summed E-state index contributed by atoms with van der Waals surface area (Å²) < 4.78 is 31.2. The number of ether oxygens (including phenoxy) is 1. The van der Waals surface area contributed by atoms with Crippen molar-refractivity contribution in [1.29, 1.82) is 0 Å². The Bertz CT molecular complexity index is 541. The number of methoxy groups -OCH3 is 1. The molecule has 0 bridgehead atoms. The molecule has 0 aromatic heterocycles. The zero-order chi connectivity index (χ0) is 14.5. The minimum absolute atomic E-state index is 0.130. The lowest BCUT2D eigenvalue weighted by Crippen LogP contribution is -2.28. The van der Waals surface area contributed by atoms with Crippen LogP contribution in [0.1, 0.15) is 12.8 Å². The fourth-order valence-electron chi connectivity index (χ4n) is 1.64. The smallest absolute Gasteiger partial charge is 0.246 e. The van der Waals surface area contributed by atoms with Gasteiger partial charge in [-0.15, -0.1) is 6.58 Å². The average Bonchev–Trinajstić information content (AvgIpc) is 2.38. The zero-order valence-corrected chi connectivity index (χ0v) is 12.1. The number of hydrogen-bond acceptors (Lipinski definition) is 4. The van der Waals surface area contributed by atoms with Crippen molar-refractivity contribution < 1.29 is 13.2 Å². The van der Waals surface area contributed by atoms with E-state index < -0.39 is 10.0 Å². The quantitative estimate of drug-likeness (QED) is 0.471. The second-order valence-electron chi connectivity index (χ2n) is 4.17. The molecule has 0 aliphatic carbocycles. The molecule has 0 saturated heterocycles. The van der Waals surface area contributed by atoms with Gasteiger partial charge in [0.05, 0.1) is 7.11 Å². The van der Waals surface area contributed by atoms with Gasteiger partial charge in [0.2, 0.25) is 10.0 Å². The molecule has 0 radical (unpaired) electrons. The molecule has 5 nitrogen and oxygen atoms in total. The minimum atomic E-state index is -3.56. The molecule has 1 rings (SSSR count).